The number of nitrogens with one attached hydrogen (secondary N) is 2. The Bertz CT molecular complexity index is 447. The van der Waals surface area contributed by atoms with E-state index in [0.717, 1.165) is 6.42 Å². The number of thiophene rings is 1. The molecule has 0 aromatic carbocycles. The molecule has 1 aromatic rings. The van der Waals surface area contributed by atoms with Crippen molar-refractivity contribution >= 4 is 27.9 Å². The number of carbonyl (C=O) groups excluding carboxylic acids is 1. The van der Waals surface area contributed by atoms with Crippen LogP contribution < -0.4 is 16.4 Å². The Balaban J connectivity index is 3.01. The zero-order chi connectivity index (χ0) is 12.8. The highest BCUT2D eigenvalue weighted by atomic mass is 32.1. The maximum absolute atomic E-state index is 11.8. The summed E-state index contributed by atoms with van der Waals surface area (Å²) in [4.78, 5) is 12.2. The predicted octanol–water partition coefficient (Wildman–Crippen LogP) is 1.77. The minimum atomic E-state index is -0.213. The summed E-state index contributed by atoms with van der Waals surface area (Å²) in [6.07, 6.45) is 0.863. The van der Waals surface area contributed by atoms with Gasteiger partial charge in [-0.15, -0.1) is 11.3 Å². The molecule has 1 rings (SSSR count). The standard InChI is InChI=1S/C11H16N4OS/c1-3-5-15-10(16)9-8(13)7(6-12)11(17-9)14-4-2/h14H,3-5,13H2,1-2H3,(H,15,16). The van der Waals surface area contributed by atoms with Gasteiger partial charge in [0.05, 0.1) is 5.69 Å². The fraction of sp³-hybridized carbons (Fsp3) is 0.455. The quantitative estimate of drug-likeness (QED) is 0.745. The van der Waals surface area contributed by atoms with E-state index in [0.29, 0.717) is 28.5 Å². The molecule has 0 bridgehead atoms. The molecule has 0 saturated carbocycles. The highest BCUT2D eigenvalue weighted by Gasteiger charge is 2.20. The molecule has 1 heterocycles. The summed E-state index contributed by atoms with van der Waals surface area (Å²) in [5, 5.41) is 15.4. The minimum absolute atomic E-state index is 0.213. The third-order valence-corrected chi connectivity index (χ3v) is 3.30. The second kappa shape index (κ2) is 6.11. The van der Waals surface area contributed by atoms with Crippen LogP contribution in [0.2, 0.25) is 0 Å². The Morgan fingerprint density at radius 3 is 2.76 bits per heavy atom. The van der Waals surface area contributed by atoms with E-state index in [9.17, 15) is 4.79 Å². The molecule has 0 spiro atoms. The molecule has 5 nitrogen and oxygen atoms in total. The van der Waals surface area contributed by atoms with Crippen molar-refractivity contribution in [2.75, 3.05) is 24.1 Å². The lowest BCUT2D eigenvalue weighted by atomic mass is 10.2. The van der Waals surface area contributed by atoms with E-state index in [2.05, 4.69) is 10.6 Å². The van der Waals surface area contributed by atoms with Crippen LogP contribution in [-0.2, 0) is 0 Å². The number of rotatable bonds is 5. The van der Waals surface area contributed by atoms with Crippen LogP contribution in [-0.4, -0.2) is 19.0 Å². The number of nitrogen functional groups attached to an aromatic ring is 1. The average Bonchev–Trinajstić information content (AvgIpc) is 2.63. The summed E-state index contributed by atoms with van der Waals surface area (Å²) < 4.78 is 0. The number of carbonyl (C=O) groups is 1. The van der Waals surface area contributed by atoms with Gasteiger partial charge in [-0.25, -0.2) is 0 Å². The molecule has 0 aliphatic rings. The minimum Gasteiger partial charge on any atom is -0.396 e. The van der Waals surface area contributed by atoms with Gasteiger partial charge in [-0.2, -0.15) is 5.26 Å². The predicted molar refractivity (Wildman–Crippen MR) is 70.2 cm³/mol. The number of nitrogens with two attached hydrogens (primary N) is 1. The monoisotopic (exact) mass is 252 g/mol. The Labute approximate surface area is 105 Å². The molecule has 0 atom stereocenters. The van der Waals surface area contributed by atoms with Gasteiger partial charge in [0, 0.05) is 13.1 Å². The van der Waals surface area contributed by atoms with Gasteiger partial charge in [0.2, 0.25) is 0 Å². The van der Waals surface area contributed by atoms with Gasteiger partial charge in [-0.05, 0) is 13.3 Å². The first-order valence-electron chi connectivity index (χ1n) is 5.50. The Kier molecular flexibility index (Phi) is 4.79. The van der Waals surface area contributed by atoms with Crippen molar-refractivity contribution < 1.29 is 4.79 Å². The van der Waals surface area contributed by atoms with Crippen molar-refractivity contribution in [2.24, 2.45) is 0 Å². The first-order valence-corrected chi connectivity index (χ1v) is 6.31. The third-order valence-electron chi connectivity index (χ3n) is 2.14. The molecule has 17 heavy (non-hydrogen) atoms. The molecule has 0 aliphatic carbocycles. The Morgan fingerprint density at radius 2 is 2.24 bits per heavy atom. The molecular weight excluding hydrogens is 236 g/mol. The zero-order valence-electron chi connectivity index (χ0n) is 9.96. The van der Waals surface area contributed by atoms with Crippen molar-refractivity contribution in [1.29, 1.82) is 5.26 Å². The second-order valence-electron chi connectivity index (χ2n) is 3.45. The van der Waals surface area contributed by atoms with Crippen LogP contribution in [0.3, 0.4) is 0 Å². The fourth-order valence-electron chi connectivity index (χ4n) is 1.33. The summed E-state index contributed by atoms with van der Waals surface area (Å²) in [5.74, 6) is -0.213. The summed E-state index contributed by atoms with van der Waals surface area (Å²) in [5.41, 5.74) is 6.43. The molecule has 0 fully saturated rings. The summed E-state index contributed by atoms with van der Waals surface area (Å²) in [7, 11) is 0. The average molecular weight is 252 g/mol. The van der Waals surface area contributed by atoms with Crippen molar-refractivity contribution in [2.45, 2.75) is 20.3 Å². The smallest absolute Gasteiger partial charge is 0.263 e. The number of hydrogen-bond donors (Lipinski definition) is 3. The maximum atomic E-state index is 11.8. The summed E-state index contributed by atoms with van der Waals surface area (Å²) >= 11 is 1.22. The highest BCUT2D eigenvalue weighted by molar-refractivity contribution is 7.18. The number of hydrogen-bond acceptors (Lipinski definition) is 5. The number of nitrogens with zero attached hydrogens (tertiary/aromatic N) is 1. The molecule has 0 aliphatic heterocycles. The van der Waals surface area contributed by atoms with E-state index in [4.69, 9.17) is 11.0 Å². The van der Waals surface area contributed by atoms with Crippen LogP contribution >= 0.6 is 11.3 Å². The lowest BCUT2D eigenvalue weighted by molar-refractivity contribution is 0.0958. The van der Waals surface area contributed by atoms with Gasteiger partial charge >= 0.3 is 0 Å². The molecule has 6 heteroatoms. The fourth-order valence-corrected chi connectivity index (χ4v) is 2.38. The Morgan fingerprint density at radius 1 is 1.53 bits per heavy atom. The zero-order valence-corrected chi connectivity index (χ0v) is 10.8. The van der Waals surface area contributed by atoms with Gasteiger partial charge in [0.15, 0.2) is 0 Å². The molecule has 92 valence electrons. The first-order chi connectivity index (χ1) is 8.15. The lowest BCUT2D eigenvalue weighted by Gasteiger charge is -2.01. The molecular formula is C11H16N4OS. The van der Waals surface area contributed by atoms with Crippen LogP contribution in [0.15, 0.2) is 0 Å². The van der Waals surface area contributed by atoms with E-state index in [1.54, 1.807) is 0 Å². The van der Waals surface area contributed by atoms with Crippen molar-refractivity contribution in [3.05, 3.63) is 10.4 Å². The van der Waals surface area contributed by atoms with E-state index in [-0.39, 0.29) is 11.6 Å². The lowest BCUT2D eigenvalue weighted by Crippen LogP contribution is -2.23. The summed E-state index contributed by atoms with van der Waals surface area (Å²) in [6.45, 7) is 5.19. The third kappa shape index (κ3) is 2.88. The van der Waals surface area contributed by atoms with Gasteiger partial charge < -0.3 is 16.4 Å². The highest BCUT2D eigenvalue weighted by Crippen LogP contribution is 2.34. The molecule has 1 amide bonds. The van der Waals surface area contributed by atoms with Crippen molar-refractivity contribution in [1.82, 2.24) is 5.32 Å². The SMILES string of the molecule is CCCNC(=O)c1sc(NCC)c(C#N)c1N. The van der Waals surface area contributed by atoms with Gasteiger partial charge in [0.25, 0.3) is 5.91 Å². The van der Waals surface area contributed by atoms with E-state index < -0.39 is 0 Å². The Hall–Kier alpha value is -1.74. The number of nitriles is 1. The topological polar surface area (TPSA) is 90.9 Å². The van der Waals surface area contributed by atoms with Crippen LogP contribution in [0, 0.1) is 11.3 Å². The number of anilines is 2. The molecule has 0 radical (unpaired) electrons. The van der Waals surface area contributed by atoms with Crippen molar-refractivity contribution in [3.63, 3.8) is 0 Å². The molecule has 0 unspecified atom stereocenters. The van der Waals surface area contributed by atoms with Gasteiger partial charge in [0.1, 0.15) is 21.5 Å². The normalized spacial score (nSPS) is 9.71. The number of amides is 1. The van der Waals surface area contributed by atoms with Crippen molar-refractivity contribution in [3.8, 4) is 6.07 Å². The van der Waals surface area contributed by atoms with E-state index >= 15 is 0 Å². The van der Waals surface area contributed by atoms with Crippen LogP contribution in [0.25, 0.3) is 0 Å². The van der Waals surface area contributed by atoms with Crippen LogP contribution in [0.4, 0.5) is 10.7 Å². The largest absolute Gasteiger partial charge is 0.396 e. The summed E-state index contributed by atoms with van der Waals surface area (Å²) in [6, 6.07) is 2.02. The van der Waals surface area contributed by atoms with Gasteiger partial charge in [-0.3, -0.25) is 4.79 Å². The molecule has 0 saturated heterocycles. The van der Waals surface area contributed by atoms with Gasteiger partial charge in [-0.1, -0.05) is 6.92 Å². The molecule has 1 aromatic heterocycles. The first kappa shape index (κ1) is 13.3. The molecule has 4 N–H and O–H groups in total. The maximum Gasteiger partial charge on any atom is 0.263 e. The second-order valence-corrected chi connectivity index (χ2v) is 4.47. The van der Waals surface area contributed by atoms with Crippen LogP contribution in [0.1, 0.15) is 35.5 Å². The van der Waals surface area contributed by atoms with E-state index in [1.807, 2.05) is 19.9 Å². The van der Waals surface area contributed by atoms with Crippen LogP contribution in [0.5, 0.6) is 0 Å². The van der Waals surface area contributed by atoms with E-state index in [1.165, 1.54) is 11.3 Å².